The first-order valence-electron chi connectivity index (χ1n) is 8.04. The number of rotatable bonds is 2. The van der Waals surface area contributed by atoms with E-state index in [1.165, 1.54) is 6.42 Å². The summed E-state index contributed by atoms with van der Waals surface area (Å²) in [6.07, 6.45) is 7.02. The van der Waals surface area contributed by atoms with Crippen molar-refractivity contribution in [2.24, 2.45) is 5.92 Å². The van der Waals surface area contributed by atoms with Gasteiger partial charge in [0, 0.05) is 12.6 Å². The number of likely N-dealkylation sites (tertiary alicyclic amines) is 1. The van der Waals surface area contributed by atoms with Gasteiger partial charge < -0.3 is 14.7 Å². The number of hydrogen-bond donors (Lipinski definition) is 1. The number of carbonyl (C=O) groups excluding carboxylic acids is 1. The molecule has 4 heteroatoms. The number of aliphatic hydroxyl groups excluding tert-OH is 1. The lowest BCUT2D eigenvalue weighted by molar-refractivity contribution is 0.0130. The molecule has 2 rings (SSSR count). The Morgan fingerprint density at radius 3 is 2.55 bits per heavy atom. The highest BCUT2D eigenvalue weighted by atomic mass is 16.6. The van der Waals surface area contributed by atoms with E-state index < -0.39 is 5.60 Å². The summed E-state index contributed by atoms with van der Waals surface area (Å²) < 4.78 is 5.49. The summed E-state index contributed by atoms with van der Waals surface area (Å²) in [4.78, 5) is 14.1. The highest BCUT2D eigenvalue weighted by molar-refractivity contribution is 5.68. The van der Waals surface area contributed by atoms with Crippen LogP contribution in [0, 0.1) is 5.92 Å². The Hall–Kier alpha value is -0.770. The Kier molecular flexibility index (Phi) is 4.95. The SMILES string of the molecule is CC(C)(C)OC(=O)N1CCC[C@H]1CC1CCCCC1O. The minimum Gasteiger partial charge on any atom is -0.444 e. The summed E-state index contributed by atoms with van der Waals surface area (Å²) in [6.45, 7) is 6.50. The highest BCUT2D eigenvalue weighted by Crippen LogP contribution is 2.33. The Labute approximate surface area is 122 Å². The molecular weight excluding hydrogens is 254 g/mol. The van der Waals surface area contributed by atoms with E-state index in [-0.39, 0.29) is 18.2 Å². The molecule has 1 aliphatic carbocycles. The molecule has 20 heavy (non-hydrogen) atoms. The van der Waals surface area contributed by atoms with Crippen molar-refractivity contribution < 1.29 is 14.6 Å². The van der Waals surface area contributed by atoms with Crippen molar-refractivity contribution in [1.82, 2.24) is 4.90 Å². The van der Waals surface area contributed by atoms with Crippen LogP contribution in [0.15, 0.2) is 0 Å². The number of hydrogen-bond acceptors (Lipinski definition) is 3. The minimum absolute atomic E-state index is 0.176. The lowest BCUT2D eigenvalue weighted by Gasteiger charge is -2.33. The lowest BCUT2D eigenvalue weighted by Crippen LogP contribution is -2.41. The van der Waals surface area contributed by atoms with Crippen molar-refractivity contribution in [3.8, 4) is 0 Å². The molecule has 2 fully saturated rings. The van der Waals surface area contributed by atoms with Crippen LogP contribution >= 0.6 is 0 Å². The van der Waals surface area contributed by atoms with Crippen molar-refractivity contribution in [2.45, 2.75) is 83.5 Å². The monoisotopic (exact) mass is 283 g/mol. The zero-order valence-corrected chi connectivity index (χ0v) is 13.1. The molecule has 1 saturated carbocycles. The lowest BCUT2D eigenvalue weighted by atomic mass is 9.82. The molecule has 2 unspecified atom stereocenters. The standard InChI is InChI=1S/C16H29NO3/c1-16(2,3)20-15(19)17-10-6-8-13(17)11-12-7-4-5-9-14(12)18/h12-14,18H,4-11H2,1-3H3/t12?,13-,14?/m0/s1. The Morgan fingerprint density at radius 1 is 1.20 bits per heavy atom. The molecule has 4 nitrogen and oxygen atoms in total. The van der Waals surface area contributed by atoms with Crippen molar-refractivity contribution >= 4 is 6.09 Å². The molecule has 1 N–H and O–H groups in total. The fraction of sp³-hybridized carbons (Fsp3) is 0.938. The predicted molar refractivity (Wildman–Crippen MR) is 78.5 cm³/mol. The summed E-state index contributed by atoms with van der Waals surface area (Å²) in [5, 5.41) is 10.1. The maximum absolute atomic E-state index is 12.2. The van der Waals surface area contributed by atoms with Gasteiger partial charge in [-0.3, -0.25) is 0 Å². The van der Waals surface area contributed by atoms with Crippen LogP contribution in [0.1, 0.15) is 65.7 Å². The number of carbonyl (C=O) groups is 1. The molecule has 0 bridgehead atoms. The first kappa shape index (κ1) is 15.6. The highest BCUT2D eigenvalue weighted by Gasteiger charge is 2.35. The molecule has 3 atom stereocenters. The number of amides is 1. The summed E-state index contributed by atoms with van der Waals surface area (Å²) in [5.74, 6) is 0.358. The predicted octanol–water partition coefficient (Wildman–Crippen LogP) is 3.33. The maximum Gasteiger partial charge on any atom is 0.410 e. The topological polar surface area (TPSA) is 49.8 Å². The van der Waals surface area contributed by atoms with Gasteiger partial charge in [-0.1, -0.05) is 12.8 Å². The van der Waals surface area contributed by atoms with Gasteiger partial charge in [-0.15, -0.1) is 0 Å². The van der Waals surface area contributed by atoms with Crippen LogP contribution in [-0.2, 0) is 4.74 Å². The van der Waals surface area contributed by atoms with Gasteiger partial charge in [0.15, 0.2) is 0 Å². The Balaban J connectivity index is 1.91. The van der Waals surface area contributed by atoms with Gasteiger partial charge in [-0.25, -0.2) is 4.79 Å². The van der Waals surface area contributed by atoms with Crippen LogP contribution in [0.3, 0.4) is 0 Å². The molecule has 0 radical (unpaired) electrons. The van der Waals surface area contributed by atoms with Crippen molar-refractivity contribution in [3.63, 3.8) is 0 Å². The second-order valence-electron chi connectivity index (χ2n) is 7.32. The summed E-state index contributed by atoms with van der Waals surface area (Å²) in [7, 11) is 0. The molecule has 0 aromatic carbocycles. The average Bonchev–Trinajstić information content (AvgIpc) is 2.78. The molecule has 1 saturated heterocycles. The van der Waals surface area contributed by atoms with E-state index in [0.717, 1.165) is 45.1 Å². The molecule has 1 aliphatic heterocycles. The van der Waals surface area contributed by atoms with E-state index in [2.05, 4.69) is 0 Å². The Bertz CT molecular complexity index is 337. The van der Waals surface area contributed by atoms with Crippen molar-refractivity contribution in [2.75, 3.05) is 6.54 Å². The zero-order chi connectivity index (χ0) is 14.8. The Morgan fingerprint density at radius 2 is 1.90 bits per heavy atom. The average molecular weight is 283 g/mol. The summed E-state index contributed by atoms with van der Waals surface area (Å²) in [5.41, 5.74) is -0.436. The van der Waals surface area contributed by atoms with Gasteiger partial charge in [0.25, 0.3) is 0 Å². The minimum atomic E-state index is -0.436. The van der Waals surface area contributed by atoms with Crippen molar-refractivity contribution in [1.29, 1.82) is 0 Å². The first-order valence-corrected chi connectivity index (χ1v) is 8.04. The molecule has 1 amide bonds. The zero-order valence-electron chi connectivity index (χ0n) is 13.1. The molecule has 0 aromatic heterocycles. The van der Waals surface area contributed by atoms with Crippen LogP contribution in [0.25, 0.3) is 0 Å². The van der Waals surface area contributed by atoms with E-state index in [1.54, 1.807) is 0 Å². The number of nitrogens with zero attached hydrogens (tertiary/aromatic N) is 1. The van der Waals surface area contributed by atoms with E-state index >= 15 is 0 Å². The van der Waals surface area contributed by atoms with Gasteiger partial charge >= 0.3 is 6.09 Å². The van der Waals surface area contributed by atoms with E-state index in [0.29, 0.717) is 5.92 Å². The van der Waals surface area contributed by atoms with Gasteiger partial charge in [0.2, 0.25) is 0 Å². The summed E-state index contributed by atoms with van der Waals surface area (Å²) >= 11 is 0. The van der Waals surface area contributed by atoms with Crippen LogP contribution in [0.5, 0.6) is 0 Å². The third-order valence-electron chi connectivity index (χ3n) is 4.45. The molecule has 0 aromatic rings. The normalized spacial score (nSPS) is 31.4. The molecular formula is C16H29NO3. The van der Waals surface area contributed by atoms with Gasteiger partial charge in [0.1, 0.15) is 5.60 Å². The first-order chi connectivity index (χ1) is 9.37. The van der Waals surface area contributed by atoms with Gasteiger partial charge in [-0.05, 0) is 58.8 Å². The number of aliphatic hydroxyl groups is 1. The maximum atomic E-state index is 12.2. The second-order valence-corrected chi connectivity index (χ2v) is 7.32. The van der Waals surface area contributed by atoms with Crippen molar-refractivity contribution in [3.05, 3.63) is 0 Å². The smallest absolute Gasteiger partial charge is 0.410 e. The van der Waals surface area contributed by atoms with Gasteiger partial charge in [0.05, 0.1) is 6.10 Å². The van der Waals surface area contributed by atoms with Crippen LogP contribution < -0.4 is 0 Å². The van der Waals surface area contributed by atoms with E-state index in [4.69, 9.17) is 4.74 Å². The largest absolute Gasteiger partial charge is 0.444 e. The van der Waals surface area contributed by atoms with E-state index in [1.807, 2.05) is 25.7 Å². The summed E-state index contributed by atoms with van der Waals surface area (Å²) in [6, 6.07) is 0.252. The third-order valence-corrected chi connectivity index (χ3v) is 4.45. The fourth-order valence-electron chi connectivity index (χ4n) is 3.45. The quantitative estimate of drug-likeness (QED) is 0.845. The van der Waals surface area contributed by atoms with Gasteiger partial charge in [-0.2, -0.15) is 0 Å². The third kappa shape index (κ3) is 4.11. The molecule has 1 heterocycles. The molecule has 2 aliphatic rings. The molecule has 0 spiro atoms. The second kappa shape index (κ2) is 6.33. The number of ether oxygens (including phenoxy) is 1. The fourth-order valence-corrected chi connectivity index (χ4v) is 3.45. The van der Waals surface area contributed by atoms with Crippen LogP contribution in [0.4, 0.5) is 4.79 Å². The van der Waals surface area contributed by atoms with Crippen LogP contribution in [0.2, 0.25) is 0 Å². The molecule has 116 valence electrons. The van der Waals surface area contributed by atoms with Crippen LogP contribution in [-0.4, -0.2) is 40.4 Å². The van der Waals surface area contributed by atoms with E-state index in [9.17, 15) is 9.90 Å².